The van der Waals surface area contributed by atoms with Crippen molar-refractivity contribution in [2.45, 2.75) is 37.8 Å². The topological polar surface area (TPSA) is 41.6 Å². The Balaban J connectivity index is 1.70. The molecule has 21 heavy (non-hydrogen) atoms. The molecule has 0 radical (unpaired) electrons. The molecule has 0 spiro atoms. The van der Waals surface area contributed by atoms with Gasteiger partial charge < -0.3 is 15.0 Å². The molecule has 3 rings (SSSR count). The fourth-order valence-electron chi connectivity index (χ4n) is 3.33. The summed E-state index contributed by atoms with van der Waals surface area (Å²) < 4.78 is 5.32. The van der Waals surface area contributed by atoms with Gasteiger partial charge in [-0.15, -0.1) is 0 Å². The highest BCUT2D eigenvalue weighted by Gasteiger charge is 2.31. The molecule has 4 nitrogen and oxygen atoms in total. The number of ether oxygens (including phenoxy) is 1. The first kappa shape index (κ1) is 14.7. The van der Waals surface area contributed by atoms with Crippen LogP contribution in [-0.4, -0.2) is 43.1 Å². The Morgan fingerprint density at radius 3 is 3.00 bits per heavy atom. The Kier molecular flexibility index (Phi) is 4.36. The van der Waals surface area contributed by atoms with Gasteiger partial charge >= 0.3 is 0 Å². The van der Waals surface area contributed by atoms with Crippen molar-refractivity contribution in [3.63, 3.8) is 0 Å². The van der Waals surface area contributed by atoms with Crippen molar-refractivity contribution in [3.8, 4) is 5.75 Å². The number of hydrogen-bond donors (Lipinski definition) is 1. The molecule has 2 saturated heterocycles. The van der Waals surface area contributed by atoms with Crippen LogP contribution in [-0.2, 0) is 11.2 Å². The summed E-state index contributed by atoms with van der Waals surface area (Å²) in [6.07, 6.45) is 3.82. The summed E-state index contributed by atoms with van der Waals surface area (Å²) in [5.41, 5.74) is 0.859. The van der Waals surface area contributed by atoms with Crippen molar-refractivity contribution in [1.29, 1.82) is 0 Å². The molecule has 2 bridgehead atoms. The van der Waals surface area contributed by atoms with Crippen LogP contribution < -0.4 is 10.1 Å². The van der Waals surface area contributed by atoms with E-state index in [1.165, 1.54) is 12.8 Å². The first-order chi connectivity index (χ1) is 10.2. The molecule has 2 atom stereocenters. The highest BCUT2D eigenvalue weighted by molar-refractivity contribution is 6.30. The number of fused-ring (bicyclic) bond motifs is 2. The average molecular weight is 309 g/mol. The number of methoxy groups -OCH3 is 1. The smallest absolute Gasteiger partial charge is 0.227 e. The van der Waals surface area contributed by atoms with E-state index in [0.29, 0.717) is 23.5 Å². The van der Waals surface area contributed by atoms with Crippen LogP contribution in [0.3, 0.4) is 0 Å². The number of hydrogen-bond acceptors (Lipinski definition) is 3. The fourth-order valence-corrected chi connectivity index (χ4v) is 3.52. The first-order valence-electron chi connectivity index (χ1n) is 7.52. The highest BCUT2D eigenvalue weighted by atomic mass is 35.5. The summed E-state index contributed by atoms with van der Waals surface area (Å²) in [6.45, 7) is 1.66. The number of benzene rings is 1. The SMILES string of the molecule is COc1ccc(Cl)cc1CC(=O)N1CCC2CCC(C1)N2. The van der Waals surface area contributed by atoms with Gasteiger partial charge in [-0.1, -0.05) is 11.6 Å². The van der Waals surface area contributed by atoms with E-state index in [9.17, 15) is 4.79 Å². The average Bonchev–Trinajstić information content (AvgIpc) is 2.78. The molecule has 2 aliphatic rings. The summed E-state index contributed by atoms with van der Waals surface area (Å²) in [6, 6.07) is 6.47. The number of rotatable bonds is 3. The van der Waals surface area contributed by atoms with Gasteiger partial charge in [0.1, 0.15) is 5.75 Å². The van der Waals surface area contributed by atoms with Gasteiger partial charge in [-0.05, 0) is 37.5 Å². The van der Waals surface area contributed by atoms with E-state index in [-0.39, 0.29) is 5.91 Å². The van der Waals surface area contributed by atoms with E-state index in [1.54, 1.807) is 13.2 Å². The number of nitrogens with zero attached hydrogens (tertiary/aromatic N) is 1. The molecule has 2 heterocycles. The van der Waals surface area contributed by atoms with E-state index in [0.717, 1.165) is 30.8 Å². The monoisotopic (exact) mass is 308 g/mol. The minimum absolute atomic E-state index is 0.157. The Labute approximate surface area is 130 Å². The van der Waals surface area contributed by atoms with Crippen LogP contribution in [0.1, 0.15) is 24.8 Å². The fraction of sp³-hybridized carbons (Fsp3) is 0.562. The minimum Gasteiger partial charge on any atom is -0.496 e. The maximum atomic E-state index is 12.6. The van der Waals surface area contributed by atoms with Gasteiger partial charge in [0, 0.05) is 35.8 Å². The Morgan fingerprint density at radius 1 is 1.38 bits per heavy atom. The third-order valence-corrected chi connectivity index (χ3v) is 4.70. The van der Waals surface area contributed by atoms with Crippen LogP contribution in [0.25, 0.3) is 0 Å². The lowest BCUT2D eigenvalue weighted by atomic mass is 10.1. The molecule has 1 amide bonds. The summed E-state index contributed by atoms with van der Waals surface area (Å²) in [7, 11) is 1.62. The summed E-state index contributed by atoms with van der Waals surface area (Å²) in [5.74, 6) is 0.882. The van der Waals surface area contributed by atoms with Crippen molar-refractivity contribution < 1.29 is 9.53 Å². The van der Waals surface area contributed by atoms with Crippen LogP contribution in [0.15, 0.2) is 18.2 Å². The van der Waals surface area contributed by atoms with E-state index >= 15 is 0 Å². The lowest BCUT2D eigenvalue weighted by molar-refractivity contribution is -0.130. The number of carbonyl (C=O) groups is 1. The first-order valence-corrected chi connectivity index (χ1v) is 7.89. The molecular formula is C16H21ClN2O2. The molecular weight excluding hydrogens is 288 g/mol. The molecule has 1 aromatic carbocycles. The van der Waals surface area contributed by atoms with Crippen molar-refractivity contribution in [1.82, 2.24) is 10.2 Å². The highest BCUT2D eigenvalue weighted by Crippen LogP contribution is 2.25. The number of nitrogens with one attached hydrogen (secondary N) is 1. The zero-order chi connectivity index (χ0) is 14.8. The zero-order valence-corrected chi connectivity index (χ0v) is 13.0. The molecule has 5 heteroatoms. The number of carbonyl (C=O) groups excluding carboxylic acids is 1. The van der Waals surface area contributed by atoms with Crippen molar-refractivity contribution in [2.75, 3.05) is 20.2 Å². The van der Waals surface area contributed by atoms with Gasteiger partial charge in [-0.2, -0.15) is 0 Å². The number of amides is 1. The predicted octanol–water partition coefficient (Wildman–Crippen LogP) is 2.24. The Morgan fingerprint density at radius 2 is 2.19 bits per heavy atom. The summed E-state index contributed by atoms with van der Waals surface area (Å²) >= 11 is 6.03. The molecule has 1 N–H and O–H groups in total. The second-order valence-electron chi connectivity index (χ2n) is 5.90. The van der Waals surface area contributed by atoms with Crippen molar-refractivity contribution >= 4 is 17.5 Å². The van der Waals surface area contributed by atoms with Crippen LogP contribution >= 0.6 is 11.6 Å². The van der Waals surface area contributed by atoms with Crippen LogP contribution in [0.5, 0.6) is 5.75 Å². The van der Waals surface area contributed by atoms with Gasteiger partial charge in [0.25, 0.3) is 0 Å². The number of halogens is 1. The van der Waals surface area contributed by atoms with Gasteiger partial charge in [0.05, 0.1) is 13.5 Å². The Bertz CT molecular complexity index is 535. The van der Waals surface area contributed by atoms with Crippen LogP contribution in [0.2, 0.25) is 5.02 Å². The molecule has 0 saturated carbocycles. The standard InChI is InChI=1S/C16H21ClN2O2/c1-21-15-5-2-12(17)8-11(15)9-16(20)19-7-6-13-3-4-14(10-19)18-13/h2,5,8,13-14,18H,3-4,6-7,9-10H2,1H3. The predicted molar refractivity (Wildman–Crippen MR) is 82.9 cm³/mol. The minimum atomic E-state index is 0.157. The summed E-state index contributed by atoms with van der Waals surface area (Å²) in [5, 5.41) is 4.23. The van der Waals surface area contributed by atoms with E-state index < -0.39 is 0 Å². The van der Waals surface area contributed by atoms with E-state index in [2.05, 4.69) is 5.32 Å². The lowest BCUT2D eigenvalue weighted by Gasteiger charge is -2.24. The van der Waals surface area contributed by atoms with Crippen LogP contribution in [0.4, 0.5) is 0 Å². The Hall–Kier alpha value is -1.26. The maximum Gasteiger partial charge on any atom is 0.227 e. The molecule has 2 aliphatic heterocycles. The molecule has 2 unspecified atom stereocenters. The van der Waals surface area contributed by atoms with Gasteiger partial charge in [0.2, 0.25) is 5.91 Å². The molecule has 1 aromatic rings. The lowest BCUT2D eigenvalue weighted by Crippen LogP contribution is -2.39. The third kappa shape index (κ3) is 3.33. The van der Waals surface area contributed by atoms with Gasteiger partial charge in [-0.25, -0.2) is 0 Å². The third-order valence-electron chi connectivity index (χ3n) is 4.46. The molecule has 2 fully saturated rings. The normalized spacial score (nSPS) is 24.8. The van der Waals surface area contributed by atoms with Crippen LogP contribution in [0, 0.1) is 0 Å². The second-order valence-corrected chi connectivity index (χ2v) is 6.34. The molecule has 114 valence electrons. The largest absolute Gasteiger partial charge is 0.496 e. The molecule has 0 aromatic heterocycles. The van der Waals surface area contributed by atoms with Crippen molar-refractivity contribution in [3.05, 3.63) is 28.8 Å². The second kappa shape index (κ2) is 6.24. The van der Waals surface area contributed by atoms with E-state index in [4.69, 9.17) is 16.3 Å². The number of likely N-dealkylation sites (tertiary alicyclic amines) is 1. The maximum absolute atomic E-state index is 12.6. The zero-order valence-electron chi connectivity index (χ0n) is 12.3. The summed E-state index contributed by atoms with van der Waals surface area (Å²) in [4.78, 5) is 14.6. The van der Waals surface area contributed by atoms with Crippen molar-refractivity contribution in [2.24, 2.45) is 0 Å². The van der Waals surface area contributed by atoms with Gasteiger partial charge in [-0.3, -0.25) is 4.79 Å². The van der Waals surface area contributed by atoms with Gasteiger partial charge in [0.15, 0.2) is 0 Å². The van der Waals surface area contributed by atoms with E-state index in [1.807, 2.05) is 17.0 Å². The molecule has 0 aliphatic carbocycles. The quantitative estimate of drug-likeness (QED) is 0.931.